The van der Waals surface area contributed by atoms with Crippen molar-refractivity contribution in [3.05, 3.63) is 59.7 Å². The smallest absolute Gasteiger partial charge is 0.262 e. The van der Waals surface area contributed by atoms with Crippen LogP contribution in [0.5, 0.6) is 5.75 Å². The minimum Gasteiger partial charge on any atom is -0.482 e. The number of hydrogen-bond acceptors (Lipinski definition) is 3. The zero-order valence-corrected chi connectivity index (χ0v) is 12.8. The molecule has 0 aromatic heterocycles. The largest absolute Gasteiger partial charge is 0.482 e. The fourth-order valence-corrected chi connectivity index (χ4v) is 2.47. The van der Waals surface area contributed by atoms with Gasteiger partial charge in [0, 0.05) is 12.1 Å². The second-order valence-electron chi connectivity index (χ2n) is 5.57. The van der Waals surface area contributed by atoms with E-state index in [-0.39, 0.29) is 24.3 Å². The lowest BCUT2D eigenvalue weighted by molar-refractivity contribution is -0.118. The number of fused-ring (bicyclic) bond motifs is 1. The molecule has 0 aliphatic carbocycles. The van der Waals surface area contributed by atoms with Gasteiger partial charge in [-0.25, -0.2) is 0 Å². The van der Waals surface area contributed by atoms with Crippen molar-refractivity contribution < 1.29 is 14.3 Å². The lowest BCUT2D eigenvalue weighted by atomic mass is 10.0. The van der Waals surface area contributed by atoms with Crippen LogP contribution in [0.1, 0.15) is 28.8 Å². The highest BCUT2D eigenvalue weighted by atomic mass is 16.5. The van der Waals surface area contributed by atoms with Crippen LogP contribution in [-0.2, 0) is 4.79 Å². The molecule has 118 valence electrons. The molecule has 23 heavy (non-hydrogen) atoms. The Kier molecular flexibility index (Phi) is 4.28. The first-order valence-electron chi connectivity index (χ1n) is 7.53. The summed E-state index contributed by atoms with van der Waals surface area (Å²) >= 11 is 0. The Morgan fingerprint density at radius 1 is 1.26 bits per heavy atom. The van der Waals surface area contributed by atoms with Gasteiger partial charge in [0.2, 0.25) is 0 Å². The number of amides is 2. The SMILES string of the molecule is C[C@H](CNC(=O)c1ccc2c(c1)NC(=O)CO2)c1ccccc1. The highest BCUT2D eigenvalue weighted by Crippen LogP contribution is 2.28. The van der Waals surface area contributed by atoms with Crippen LogP contribution < -0.4 is 15.4 Å². The van der Waals surface area contributed by atoms with E-state index in [1.165, 1.54) is 5.56 Å². The Bertz CT molecular complexity index is 728. The number of carbonyl (C=O) groups is 2. The third-order valence-corrected chi connectivity index (χ3v) is 3.81. The molecular formula is C18H18N2O3. The number of anilines is 1. The maximum absolute atomic E-state index is 12.3. The summed E-state index contributed by atoms with van der Waals surface area (Å²) in [7, 11) is 0. The zero-order valence-electron chi connectivity index (χ0n) is 12.8. The van der Waals surface area contributed by atoms with Crippen molar-refractivity contribution in [1.82, 2.24) is 5.32 Å². The van der Waals surface area contributed by atoms with Crippen molar-refractivity contribution in [2.45, 2.75) is 12.8 Å². The van der Waals surface area contributed by atoms with Gasteiger partial charge in [0.25, 0.3) is 11.8 Å². The number of benzene rings is 2. The predicted octanol–water partition coefficient (Wildman–Crippen LogP) is 2.55. The van der Waals surface area contributed by atoms with Crippen LogP contribution in [0, 0.1) is 0 Å². The molecule has 1 atom stereocenters. The van der Waals surface area contributed by atoms with Gasteiger partial charge in [-0.1, -0.05) is 37.3 Å². The summed E-state index contributed by atoms with van der Waals surface area (Å²) in [5, 5.41) is 5.62. The van der Waals surface area contributed by atoms with E-state index in [9.17, 15) is 9.59 Å². The van der Waals surface area contributed by atoms with E-state index in [1.807, 2.05) is 30.3 Å². The first-order chi connectivity index (χ1) is 11.1. The average molecular weight is 310 g/mol. The molecular weight excluding hydrogens is 292 g/mol. The third-order valence-electron chi connectivity index (χ3n) is 3.81. The van der Waals surface area contributed by atoms with Crippen LogP contribution in [0.2, 0.25) is 0 Å². The number of nitrogens with one attached hydrogen (secondary N) is 2. The molecule has 2 aromatic carbocycles. The summed E-state index contributed by atoms with van der Waals surface area (Å²) in [5.41, 5.74) is 2.21. The van der Waals surface area contributed by atoms with Gasteiger partial charge in [-0.15, -0.1) is 0 Å². The molecule has 5 heteroatoms. The van der Waals surface area contributed by atoms with Gasteiger partial charge in [0.1, 0.15) is 5.75 Å². The lowest BCUT2D eigenvalue weighted by Gasteiger charge is -2.18. The molecule has 0 radical (unpaired) electrons. The number of carbonyl (C=O) groups excluding carboxylic acids is 2. The van der Waals surface area contributed by atoms with E-state index in [4.69, 9.17) is 4.74 Å². The van der Waals surface area contributed by atoms with Crippen LogP contribution in [-0.4, -0.2) is 25.0 Å². The fourth-order valence-electron chi connectivity index (χ4n) is 2.47. The van der Waals surface area contributed by atoms with Crippen LogP contribution in [0.3, 0.4) is 0 Å². The molecule has 0 saturated carbocycles. The van der Waals surface area contributed by atoms with Gasteiger partial charge in [-0.2, -0.15) is 0 Å². The first-order valence-corrected chi connectivity index (χ1v) is 7.53. The highest BCUT2D eigenvalue weighted by molar-refractivity contribution is 5.99. The first kappa shape index (κ1) is 15.1. The van der Waals surface area contributed by atoms with Crippen LogP contribution in [0.15, 0.2) is 48.5 Å². The Hall–Kier alpha value is -2.82. The summed E-state index contributed by atoms with van der Waals surface area (Å²) < 4.78 is 5.28. The molecule has 0 spiro atoms. The van der Waals surface area contributed by atoms with Crippen molar-refractivity contribution in [2.75, 3.05) is 18.5 Å². The molecule has 0 saturated heterocycles. The molecule has 2 aromatic rings. The summed E-state index contributed by atoms with van der Waals surface area (Å²) in [6.45, 7) is 2.62. The number of rotatable bonds is 4. The molecule has 3 rings (SSSR count). The minimum atomic E-state index is -0.215. The van der Waals surface area contributed by atoms with Gasteiger partial charge in [-0.05, 0) is 29.7 Å². The molecule has 1 aliphatic heterocycles. The maximum Gasteiger partial charge on any atom is 0.262 e. The van der Waals surface area contributed by atoms with E-state index in [1.54, 1.807) is 18.2 Å². The molecule has 2 amide bonds. The summed E-state index contributed by atoms with van der Waals surface area (Å²) in [4.78, 5) is 23.6. The molecule has 0 fully saturated rings. The van der Waals surface area contributed by atoms with Crippen LogP contribution in [0.4, 0.5) is 5.69 Å². The number of ether oxygens (including phenoxy) is 1. The summed E-state index contributed by atoms with van der Waals surface area (Å²) in [5.74, 6) is 0.419. The monoisotopic (exact) mass is 310 g/mol. The molecule has 1 aliphatic rings. The van der Waals surface area contributed by atoms with E-state index in [0.29, 0.717) is 23.5 Å². The lowest BCUT2D eigenvalue weighted by Crippen LogP contribution is -2.29. The maximum atomic E-state index is 12.3. The standard InChI is InChI=1S/C18H18N2O3/c1-12(13-5-3-2-4-6-13)10-19-18(22)14-7-8-16-15(9-14)20-17(21)11-23-16/h2-9,12H,10-11H2,1H3,(H,19,22)(H,20,21)/t12-/m1/s1. The Morgan fingerprint density at radius 2 is 2.04 bits per heavy atom. The average Bonchev–Trinajstić information content (AvgIpc) is 2.59. The zero-order chi connectivity index (χ0) is 16.2. The number of hydrogen-bond donors (Lipinski definition) is 2. The molecule has 1 heterocycles. The van der Waals surface area contributed by atoms with E-state index >= 15 is 0 Å². The van der Waals surface area contributed by atoms with Crippen molar-refractivity contribution in [3.8, 4) is 5.75 Å². The minimum absolute atomic E-state index is 0.00708. The Labute approximate surface area is 134 Å². The van der Waals surface area contributed by atoms with Gasteiger partial charge >= 0.3 is 0 Å². The van der Waals surface area contributed by atoms with Crippen LogP contribution >= 0.6 is 0 Å². The third kappa shape index (κ3) is 3.51. The molecule has 2 N–H and O–H groups in total. The van der Waals surface area contributed by atoms with E-state index in [2.05, 4.69) is 17.6 Å². The van der Waals surface area contributed by atoms with Crippen molar-refractivity contribution in [1.29, 1.82) is 0 Å². The molecule has 5 nitrogen and oxygen atoms in total. The Balaban J connectivity index is 1.65. The second kappa shape index (κ2) is 6.52. The van der Waals surface area contributed by atoms with Gasteiger partial charge in [0.05, 0.1) is 5.69 Å². The summed E-state index contributed by atoms with van der Waals surface area (Å²) in [6, 6.07) is 15.1. The predicted molar refractivity (Wildman–Crippen MR) is 87.8 cm³/mol. The van der Waals surface area contributed by atoms with Crippen molar-refractivity contribution in [2.24, 2.45) is 0 Å². The molecule has 0 unspecified atom stereocenters. The van der Waals surface area contributed by atoms with E-state index < -0.39 is 0 Å². The Morgan fingerprint density at radius 3 is 2.83 bits per heavy atom. The molecule has 0 bridgehead atoms. The van der Waals surface area contributed by atoms with Gasteiger partial charge < -0.3 is 15.4 Å². The topological polar surface area (TPSA) is 67.4 Å². The summed E-state index contributed by atoms with van der Waals surface area (Å²) in [6.07, 6.45) is 0. The normalized spacial score (nSPS) is 14.2. The van der Waals surface area contributed by atoms with Crippen molar-refractivity contribution in [3.63, 3.8) is 0 Å². The quantitative estimate of drug-likeness (QED) is 0.912. The van der Waals surface area contributed by atoms with Crippen molar-refractivity contribution >= 4 is 17.5 Å². The fraction of sp³-hybridized carbons (Fsp3) is 0.222. The van der Waals surface area contributed by atoms with Gasteiger partial charge in [0.15, 0.2) is 6.61 Å². The van der Waals surface area contributed by atoms with Gasteiger partial charge in [-0.3, -0.25) is 9.59 Å². The second-order valence-corrected chi connectivity index (χ2v) is 5.57. The van der Waals surface area contributed by atoms with E-state index in [0.717, 1.165) is 0 Å². The highest BCUT2D eigenvalue weighted by Gasteiger charge is 2.18. The van der Waals surface area contributed by atoms with Crippen LogP contribution in [0.25, 0.3) is 0 Å².